The van der Waals surface area contributed by atoms with Crippen LogP contribution in [0.25, 0.3) is 6.08 Å². The number of carbonyl (C=O) groups is 1. The Hall–Kier alpha value is -2.33. The second-order valence-electron chi connectivity index (χ2n) is 5.71. The third-order valence-electron chi connectivity index (χ3n) is 3.57. The summed E-state index contributed by atoms with van der Waals surface area (Å²) in [7, 11) is 0. The standard InChI is InChI=1S/C20H17BrO3/c1-13(2)9-10-23-15-7-8-16-18(12-15)24-19(20(16)22)11-14-5-3-4-6-17(14)21/h3-9,11-12H,10H2,1-2H3. The van der Waals surface area contributed by atoms with Crippen molar-refractivity contribution in [3.05, 3.63) is 75.5 Å². The molecule has 0 aliphatic carbocycles. The molecule has 4 heteroatoms. The van der Waals surface area contributed by atoms with E-state index in [2.05, 4.69) is 15.9 Å². The van der Waals surface area contributed by atoms with Gasteiger partial charge in [-0.25, -0.2) is 0 Å². The molecule has 0 unspecified atom stereocenters. The zero-order valence-corrected chi connectivity index (χ0v) is 15.1. The number of allylic oxidation sites excluding steroid dienone is 2. The van der Waals surface area contributed by atoms with Gasteiger partial charge < -0.3 is 9.47 Å². The summed E-state index contributed by atoms with van der Waals surface area (Å²) in [5.74, 6) is 1.42. The number of benzene rings is 2. The van der Waals surface area contributed by atoms with Gasteiger partial charge in [-0.1, -0.05) is 39.7 Å². The summed E-state index contributed by atoms with van der Waals surface area (Å²) < 4.78 is 12.3. The van der Waals surface area contributed by atoms with E-state index in [1.807, 2.05) is 44.2 Å². The van der Waals surface area contributed by atoms with E-state index in [1.54, 1.807) is 24.3 Å². The number of halogens is 1. The van der Waals surface area contributed by atoms with Gasteiger partial charge in [-0.3, -0.25) is 4.79 Å². The van der Waals surface area contributed by atoms with Crippen LogP contribution < -0.4 is 9.47 Å². The fraction of sp³-hybridized carbons (Fsp3) is 0.150. The van der Waals surface area contributed by atoms with E-state index in [-0.39, 0.29) is 5.78 Å². The zero-order chi connectivity index (χ0) is 17.1. The molecule has 1 aliphatic heterocycles. The van der Waals surface area contributed by atoms with Crippen molar-refractivity contribution in [3.63, 3.8) is 0 Å². The van der Waals surface area contributed by atoms with Crippen molar-refractivity contribution in [2.45, 2.75) is 13.8 Å². The average molecular weight is 385 g/mol. The minimum atomic E-state index is -0.114. The molecule has 0 saturated heterocycles. The molecule has 0 radical (unpaired) electrons. The van der Waals surface area contributed by atoms with Crippen molar-refractivity contribution in [1.29, 1.82) is 0 Å². The van der Waals surface area contributed by atoms with Crippen LogP contribution in [-0.4, -0.2) is 12.4 Å². The maximum Gasteiger partial charge on any atom is 0.231 e. The van der Waals surface area contributed by atoms with E-state index in [9.17, 15) is 4.79 Å². The van der Waals surface area contributed by atoms with Crippen LogP contribution >= 0.6 is 15.9 Å². The Kier molecular flexibility index (Phi) is 4.86. The van der Waals surface area contributed by atoms with E-state index in [4.69, 9.17) is 9.47 Å². The molecule has 122 valence electrons. The van der Waals surface area contributed by atoms with Crippen LogP contribution in [0.1, 0.15) is 29.8 Å². The van der Waals surface area contributed by atoms with Crippen LogP contribution in [0.2, 0.25) is 0 Å². The van der Waals surface area contributed by atoms with Gasteiger partial charge in [-0.2, -0.15) is 0 Å². The first-order valence-corrected chi connectivity index (χ1v) is 8.43. The van der Waals surface area contributed by atoms with Crippen molar-refractivity contribution in [2.24, 2.45) is 0 Å². The lowest BCUT2D eigenvalue weighted by Gasteiger charge is -2.05. The molecule has 1 aliphatic rings. The van der Waals surface area contributed by atoms with E-state index < -0.39 is 0 Å². The highest BCUT2D eigenvalue weighted by atomic mass is 79.9. The molecule has 2 aromatic carbocycles. The Morgan fingerprint density at radius 2 is 2.00 bits per heavy atom. The molecule has 1 heterocycles. The van der Waals surface area contributed by atoms with Gasteiger partial charge in [-0.05, 0) is 49.8 Å². The molecule has 0 atom stereocenters. The van der Waals surface area contributed by atoms with Gasteiger partial charge >= 0.3 is 0 Å². The number of hydrogen-bond acceptors (Lipinski definition) is 3. The zero-order valence-electron chi connectivity index (χ0n) is 13.5. The molecule has 0 spiro atoms. The average Bonchev–Trinajstić information content (AvgIpc) is 2.85. The maximum atomic E-state index is 12.5. The molecule has 0 fully saturated rings. The van der Waals surface area contributed by atoms with E-state index in [0.29, 0.717) is 29.4 Å². The smallest absolute Gasteiger partial charge is 0.231 e. The Labute approximate surface area is 149 Å². The summed E-state index contributed by atoms with van der Waals surface area (Å²) in [6.07, 6.45) is 3.74. The molecule has 0 aromatic heterocycles. The monoisotopic (exact) mass is 384 g/mol. The molecule has 3 rings (SSSR count). The number of ketones is 1. The summed E-state index contributed by atoms with van der Waals surface area (Å²) >= 11 is 3.47. The van der Waals surface area contributed by atoms with Crippen LogP contribution in [0.3, 0.4) is 0 Å². The van der Waals surface area contributed by atoms with Crippen molar-refractivity contribution in [2.75, 3.05) is 6.61 Å². The fourth-order valence-corrected chi connectivity index (χ4v) is 2.69. The van der Waals surface area contributed by atoms with Gasteiger partial charge in [0.2, 0.25) is 5.78 Å². The normalized spacial score (nSPS) is 14.3. The largest absolute Gasteiger partial charge is 0.489 e. The van der Waals surface area contributed by atoms with Crippen LogP contribution in [0, 0.1) is 0 Å². The van der Waals surface area contributed by atoms with E-state index in [0.717, 1.165) is 10.0 Å². The molecule has 0 N–H and O–H groups in total. The predicted molar refractivity (Wildman–Crippen MR) is 98.4 cm³/mol. The summed E-state index contributed by atoms with van der Waals surface area (Å²) in [4.78, 5) is 12.5. The number of rotatable bonds is 4. The predicted octanol–water partition coefficient (Wildman–Crippen LogP) is 5.41. The highest BCUT2D eigenvalue weighted by Gasteiger charge is 2.27. The van der Waals surface area contributed by atoms with Crippen LogP contribution in [0.5, 0.6) is 11.5 Å². The SMILES string of the molecule is CC(C)=CCOc1ccc2c(c1)OC(=Cc1ccccc1Br)C2=O. The van der Waals surface area contributed by atoms with Crippen LogP contribution in [-0.2, 0) is 0 Å². The molecule has 0 saturated carbocycles. The lowest BCUT2D eigenvalue weighted by atomic mass is 10.1. The lowest BCUT2D eigenvalue weighted by molar-refractivity contribution is 0.101. The molecule has 3 nitrogen and oxygen atoms in total. The number of fused-ring (bicyclic) bond motifs is 1. The lowest BCUT2D eigenvalue weighted by Crippen LogP contribution is -1.98. The van der Waals surface area contributed by atoms with Gasteiger partial charge in [0, 0.05) is 10.5 Å². The number of hydrogen-bond donors (Lipinski definition) is 0. The van der Waals surface area contributed by atoms with E-state index >= 15 is 0 Å². The molecular formula is C20H17BrO3. The quantitative estimate of drug-likeness (QED) is 0.522. The molecule has 24 heavy (non-hydrogen) atoms. The van der Waals surface area contributed by atoms with Gasteiger partial charge in [0.25, 0.3) is 0 Å². The first kappa shape index (κ1) is 16.5. The van der Waals surface area contributed by atoms with E-state index in [1.165, 1.54) is 5.57 Å². The number of carbonyl (C=O) groups excluding carboxylic acids is 1. The number of Topliss-reactive ketones (excluding diaryl/α,β-unsaturated/α-hetero) is 1. The molecule has 0 bridgehead atoms. The van der Waals surface area contributed by atoms with Gasteiger partial charge in [0.1, 0.15) is 18.1 Å². The highest BCUT2D eigenvalue weighted by Crippen LogP contribution is 2.35. The minimum Gasteiger partial charge on any atom is -0.489 e. The summed E-state index contributed by atoms with van der Waals surface area (Å²) in [5.41, 5.74) is 2.65. The number of ether oxygens (including phenoxy) is 2. The maximum absolute atomic E-state index is 12.5. The second kappa shape index (κ2) is 7.05. The Bertz CT molecular complexity index is 846. The molecule has 0 amide bonds. The summed E-state index contributed by atoms with van der Waals surface area (Å²) in [6.45, 7) is 4.54. The third-order valence-corrected chi connectivity index (χ3v) is 4.30. The Morgan fingerprint density at radius 3 is 2.75 bits per heavy atom. The van der Waals surface area contributed by atoms with Crippen molar-refractivity contribution in [3.8, 4) is 11.5 Å². The van der Waals surface area contributed by atoms with Crippen molar-refractivity contribution in [1.82, 2.24) is 0 Å². The second-order valence-corrected chi connectivity index (χ2v) is 6.57. The molecule has 2 aromatic rings. The Balaban J connectivity index is 1.82. The van der Waals surface area contributed by atoms with Crippen LogP contribution in [0.4, 0.5) is 0 Å². The summed E-state index contributed by atoms with van der Waals surface area (Å²) in [6, 6.07) is 13.0. The first-order valence-electron chi connectivity index (χ1n) is 7.63. The van der Waals surface area contributed by atoms with Gasteiger partial charge in [-0.15, -0.1) is 0 Å². The molecular weight excluding hydrogens is 368 g/mol. The highest BCUT2D eigenvalue weighted by molar-refractivity contribution is 9.10. The van der Waals surface area contributed by atoms with Crippen molar-refractivity contribution >= 4 is 27.8 Å². The third kappa shape index (κ3) is 3.60. The fourth-order valence-electron chi connectivity index (χ4n) is 2.29. The topological polar surface area (TPSA) is 35.5 Å². The van der Waals surface area contributed by atoms with Gasteiger partial charge in [0.05, 0.1) is 5.56 Å². The summed E-state index contributed by atoms with van der Waals surface area (Å²) in [5, 5.41) is 0. The van der Waals surface area contributed by atoms with Gasteiger partial charge in [0.15, 0.2) is 5.76 Å². The van der Waals surface area contributed by atoms with Crippen molar-refractivity contribution < 1.29 is 14.3 Å². The van der Waals surface area contributed by atoms with Crippen LogP contribution in [0.15, 0.2) is 64.3 Å². The Morgan fingerprint density at radius 1 is 1.21 bits per heavy atom. The first-order chi connectivity index (χ1) is 11.5. The minimum absolute atomic E-state index is 0.114.